The van der Waals surface area contributed by atoms with Crippen LogP contribution in [0.1, 0.15) is 61.6 Å². The fraction of sp³-hybridized carbons (Fsp3) is 0.433. The molecule has 2 aromatic carbocycles. The van der Waals surface area contributed by atoms with E-state index in [2.05, 4.69) is 24.3 Å². The lowest BCUT2D eigenvalue weighted by Gasteiger charge is -2.57. The second kappa shape index (κ2) is 9.21. The van der Waals surface area contributed by atoms with E-state index >= 15 is 0 Å². The van der Waals surface area contributed by atoms with E-state index < -0.39 is 5.97 Å². The second-order valence-electron chi connectivity index (χ2n) is 10.5. The van der Waals surface area contributed by atoms with Gasteiger partial charge in [0.15, 0.2) is 0 Å². The molecule has 4 saturated carbocycles. The molecule has 0 heterocycles. The number of carbonyl (C=O) groups is 1. The zero-order valence-electron chi connectivity index (χ0n) is 19.5. The Kier molecular flexibility index (Phi) is 6.14. The predicted octanol–water partition coefficient (Wildman–Crippen LogP) is 6.82. The molecule has 2 aromatic rings. The van der Waals surface area contributed by atoms with Gasteiger partial charge in [-0.3, -0.25) is 0 Å². The van der Waals surface area contributed by atoms with Crippen molar-refractivity contribution in [2.24, 2.45) is 17.8 Å². The summed E-state index contributed by atoms with van der Waals surface area (Å²) in [5.74, 6) is 2.85. The first-order valence-corrected chi connectivity index (χ1v) is 12.4. The summed E-state index contributed by atoms with van der Waals surface area (Å²) in [4.78, 5) is 11.1. The minimum atomic E-state index is -0.924. The minimum absolute atomic E-state index is 0.311. The summed E-state index contributed by atoms with van der Waals surface area (Å²) < 4.78 is 5.87. The van der Waals surface area contributed by atoms with Crippen molar-refractivity contribution in [3.8, 4) is 5.75 Å². The van der Waals surface area contributed by atoms with Crippen LogP contribution in [-0.4, -0.2) is 18.2 Å². The highest BCUT2D eigenvalue weighted by Crippen LogP contribution is 2.61. The molecule has 4 aliphatic carbocycles. The van der Waals surface area contributed by atoms with Crippen LogP contribution in [0.4, 0.5) is 0 Å². The average Bonchev–Trinajstić information content (AvgIpc) is 2.80. The van der Waals surface area contributed by atoms with Crippen molar-refractivity contribution < 1.29 is 14.6 Å². The third kappa shape index (κ3) is 4.64. The normalized spacial score (nSPS) is 28.4. The largest absolute Gasteiger partial charge is 0.496 e. The Bertz CT molecular complexity index is 1030. The van der Waals surface area contributed by atoms with E-state index in [0.29, 0.717) is 5.41 Å². The highest BCUT2D eigenvalue weighted by Gasteiger charge is 2.52. The molecule has 4 aliphatic rings. The zero-order chi connectivity index (χ0) is 22.8. The average molecular weight is 443 g/mol. The Morgan fingerprint density at radius 1 is 1.00 bits per heavy atom. The van der Waals surface area contributed by atoms with Gasteiger partial charge in [0.25, 0.3) is 0 Å². The Hall–Kier alpha value is -2.81. The van der Waals surface area contributed by atoms with E-state index in [1.54, 1.807) is 6.08 Å². The van der Waals surface area contributed by atoms with E-state index in [-0.39, 0.29) is 0 Å². The molecular weight excluding hydrogens is 408 g/mol. The van der Waals surface area contributed by atoms with Crippen molar-refractivity contribution in [3.05, 3.63) is 83.4 Å². The fourth-order valence-corrected chi connectivity index (χ4v) is 7.23. The Morgan fingerprint density at radius 2 is 1.67 bits per heavy atom. The van der Waals surface area contributed by atoms with Crippen LogP contribution in [0.2, 0.25) is 0 Å². The molecule has 4 fully saturated rings. The van der Waals surface area contributed by atoms with E-state index in [9.17, 15) is 4.79 Å². The molecule has 0 saturated heterocycles. The fourth-order valence-electron chi connectivity index (χ4n) is 7.23. The standard InChI is InChI=1S/C30H34O3/c1-33-28-12-10-21(6-5-9-26(11-13-29(31)32)25-7-3-2-4-8-25)17-27(28)30-18-22-14-23(19-30)16-24(15-22)20-30/h2-4,7-13,17,22-24H,5-6,14-16,18-20H2,1H3,(H,31,32)/b13-11-,26-9-. The molecule has 4 bridgehead atoms. The number of rotatable bonds is 8. The first-order valence-electron chi connectivity index (χ1n) is 12.4. The lowest BCUT2D eigenvalue weighted by Crippen LogP contribution is -2.48. The van der Waals surface area contributed by atoms with Crippen LogP contribution in [0, 0.1) is 17.8 Å². The van der Waals surface area contributed by atoms with Gasteiger partial charge in [0.2, 0.25) is 0 Å². The van der Waals surface area contributed by atoms with Gasteiger partial charge in [0, 0.05) is 11.6 Å². The molecule has 172 valence electrons. The van der Waals surface area contributed by atoms with E-state index in [4.69, 9.17) is 9.84 Å². The highest BCUT2D eigenvalue weighted by atomic mass is 16.5. The molecule has 0 spiro atoms. The molecule has 1 N–H and O–H groups in total. The maximum Gasteiger partial charge on any atom is 0.328 e. The summed E-state index contributed by atoms with van der Waals surface area (Å²) in [6.07, 6.45) is 15.2. The van der Waals surface area contributed by atoms with Gasteiger partial charge in [-0.25, -0.2) is 4.79 Å². The maximum atomic E-state index is 11.1. The van der Waals surface area contributed by atoms with Crippen LogP contribution >= 0.6 is 0 Å². The number of ether oxygens (including phenoxy) is 1. The number of carboxylic acids is 1. The first-order chi connectivity index (χ1) is 16.0. The topological polar surface area (TPSA) is 46.5 Å². The van der Waals surface area contributed by atoms with Crippen molar-refractivity contribution in [1.82, 2.24) is 0 Å². The summed E-state index contributed by atoms with van der Waals surface area (Å²) in [6.45, 7) is 0. The van der Waals surface area contributed by atoms with Gasteiger partial charge < -0.3 is 9.84 Å². The molecule has 6 rings (SSSR count). The van der Waals surface area contributed by atoms with Gasteiger partial charge in [-0.05, 0) is 103 Å². The lowest BCUT2D eigenvalue weighted by atomic mass is 9.48. The van der Waals surface area contributed by atoms with E-state index in [0.717, 1.165) is 47.5 Å². The van der Waals surface area contributed by atoms with Gasteiger partial charge in [-0.1, -0.05) is 48.5 Å². The molecule has 3 heteroatoms. The molecule has 0 aromatic heterocycles. The van der Waals surface area contributed by atoms with E-state index in [1.165, 1.54) is 55.7 Å². The van der Waals surface area contributed by atoms with Crippen molar-refractivity contribution in [1.29, 1.82) is 0 Å². The van der Waals surface area contributed by atoms with Crippen LogP contribution in [0.15, 0.2) is 66.8 Å². The summed E-state index contributed by atoms with van der Waals surface area (Å²) in [5, 5.41) is 9.08. The number of allylic oxidation sites excluding steroid dienone is 3. The number of methoxy groups -OCH3 is 1. The highest BCUT2D eigenvalue weighted by molar-refractivity contribution is 5.85. The van der Waals surface area contributed by atoms with Crippen molar-refractivity contribution in [2.75, 3.05) is 7.11 Å². The van der Waals surface area contributed by atoms with Crippen molar-refractivity contribution in [2.45, 2.75) is 56.8 Å². The number of aryl methyl sites for hydroxylation is 1. The number of aliphatic carboxylic acids is 1. The monoisotopic (exact) mass is 442 g/mol. The van der Waals surface area contributed by atoms with Crippen LogP contribution in [0.5, 0.6) is 5.75 Å². The molecule has 0 atom stereocenters. The SMILES string of the molecule is COc1ccc(CC/C=C(/C=C\C(=O)O)c2ccccc2)cc1C12CC3CC(CC(C3)C1)C2. The number of hydrogen-bond acceptors (Lipinski definition) is 2. The van der Waals surface area contributed by atoms with Crippen molar-refractivity contribution in [3.63, 3.8) is 0 Å². The van der Waals surface area contributed by atoms with Gasteiger partial charge in [-0.15, -0.1) is 0 Å². The van der Waals surface area contributed by atoms with Gasteiger partial charge >= 0.3 is 5.97 Å². The first kappa shape index (κ1) is 22.0. The number of benzene rings is 2. The molecule has 33 heavy (non-hydrogen) atoms. The molecule has 0 amide bonds. The van der Waals surface area contributed by atoms with E-state index in [1.807, 2.05) is 37.4 Å². The van der Waals surface area contributed by atoms with Crippen LogP contribution in [0.3, 0.4) is 0 Å². The quantitative estimate of drug-likeness (QED) is 0.360. The predicted molar refractivity (Wildman–Crippen MR) is 132 cm³/mol. The Labute approximate surface area is 197 Å². The third-order valence-electron chi connectivity index (χ3n) is 8.18. The molecule has 3 nitrogen and oxygen atoms in total. The number of carboxylic acid groups (broad SMARTS) is 1. The van der Waals surface area contributed by atoms with Gasteiger partial charge in [0.1, 0.15) is 5.75 Å². The summed E-state index contributed by atoms with van der Waals surface area (Å²) in [6, 6.07) is 16.8. The summed E-state index contributed by atoms with van der Waals surface area (Å²) >= 11 is 0. The summed E-state index contributed by atoms with van der Waals surface area (Å²) in [5.41, 5.74) is 5.09. The summed E-state index contributed by atoms with van der Waals surface area (Å²) in [7, 11) is 1.81. The molecular formula is C30H34O3. The van der Waals surface area contributed by atoms with Crippen LogP contribution in [-0.2, 0) is 16.6 Å². The molecule has 0 radical (unpaired) electrons. The van der Waals surface area contributed by atoms with Crippen molar-refractivity contribution >= 4 is 11.5 Å². The van der Waals surface area contributed by atoms with Crippen LogP contribution < -0.4 is 4.74 Å². The Balaban J connectivity index is 1.38. The lowest BCUT2D eigenvalue weighted by molar-refractivity contribution is -0.131. The zero-order valence-corrected chi connectivity index (χ0v) is 19.5. The smallest absolute Gasteiger partial charge is 0.328 e. The third-order valence-corrected chi connectivity index (χ3v) is 8.18. The maximum absolute atomic E-state index is 11.1. The Morgan fingerprint density at radius 3 is 2.27 bits per heavy atom. The molecule has 0 aliphatic heterocycles. The number of hydrogen-bond donors (Lipinski definition) is 1. The minimum Gasteiger partial charge on any atom is -0.496 e. The van der Waals surface area contributed by atoms with Gasteiger partial charge in [0.05, 0.1) is 7.11 Å². The second-order valence-corrected chi connectivity index (χ2v) is 10.5. The molecule has 0 unspecified atom stereocenters. The van der Waals surface area contributed by atoms with Crippen LogP contribution in [0.25, 0.3) is 5.57 Å². The van der Waals surface area contributed by atoms with Gasteiger partial charge in [-0.2, -0.15) is 0 Å².